The smallest absolute Gasteiger partial charge is 0.252 e. The Hall–Kier alpha value is -1.43. The van der Waals surface area contributed by atoms with Crippen molar-refractivity contribution < 1.29 is 22.4 Å². The molecule has 0 aliphatic carbocycles. The number of hydrogen-bond donors (Lipinski definition) is 1. The molecule has 0 saturated carbocycles. The quantitative estimate of drug-likeness (QED) is 0.647. The number of furan rings is 1. The predicted octanol–water partition coefficient (Wildman–Crippen LogP) is 2.11. The number of sulfonamides is 1. The summed E-state index contributed by atoms with van der Waals surface area (Å²) >= 11 is 6.79. The molecule has 2 aromatic rings. The molecule has 1 N–H and O–H groups in total. The van der Waals surface area contributed by atoms with Crippen molar-refractivity contribution in [3.63, 3.8) is 0 Å². The second kappa shape index (κ2) is 9.59. The van der Waals surface area contributed by atoms with Crippen molar-refractivity contribution in [3.05, 3.63) is 40.1 Å². The zero-order valence-electron chi connectivity index (χ0n) is 16.3. The van der Waals surface area contributed by atoms with E-state index in [0.717, 1.165) is 40.3 Å². The Morgan fingerprint density at radius 2 is 2.03 bits per heavy atom. The summed E-state index contributed by atoms with van der Waals surface area (Å²) in [4.78, 5) is 14.6. The van der Waals surface area contributed by atoms with Gasteiger partial charge >= 0.3 is 0 Å². The molecule has 29 heavy (non-hydrogen) atoms. The Bertz CT molecular complexity index is 937. The molecule has 3 heterocycles. The Labute approximate surface area is 179 Å². The maximum Gasteiger partial charge on any atom is 0.252 e. The third-order valence-electron chi connectivity index (χ3n) is 4.65. The number of morpholine rings is 1. The first kappa shape index (κ1) is 22.3. The topological polar surface area (TPSA) is 92.1 Å². The zero-order valence-corrected chi connectivity index (χ0v) is 18.6. The predicted molar refractivity (Wildman–Crippen MR) is 111 cm³/mol. The molecule has 1 atom stereocenters. The lowest BCUT2D eigenvalue weighted by molar-refractivity contribution is -0.121. The second-order valence-corrected chi connectivity index (χ2v) is 10.7. The highest BCUT2D eigenvalue weighted by Gasteiger charge is 2.28. The number of nitrogens with zero attached hydrogens (tertiary/aromatic N) is 2. The number of likely N-dealkylation sites (N-methyl/N-ethyl adjacent to an activating group) is 1. The third-order valence-corrected chi connectivity index (χ3v) is 8.15. The van der Waals surface area contributed by atoms with Crippen LogP contribution in [0.2, 0.25) is 4.34 Å². The summed E-state index contributed by atoms with van der Waals surface area (Å²) < 4.78 is 37.8. The van der Waals surface area contributed by atoms with Gasteiger partial charge in [0, 0.05) is 26.7 Å². The first-order chi connectivity index (χ1) is 13.8. The average Bonchev–Trinajstić information content (AvgIpc) is 3.31. The van der Waals surface area contributed by atoms with Crippen molar-refractivity contribution in [2.45, 2.75) is 17.2 Å². The Kier molecular flexibility index (Phi) is 7.36. The van der Waals surface area contributed by atoms with Gasteiger partial charge < -0.3 is 14.5 Å². The Balaban J connectivity index is 1.62. The highest BCUT2D eigenvalue weighted by atomic mass is 35.5. The van der Waals surface area contributed by atoms with Crippen molar-refractivity contribution in [1.29, 1.82) is 0 Å². The summed E-state index contributed by atoms with van der Waals surface area (Å²) in [5, 5.41) is 2.84. The van der Waals surface area contributed by atoms with Crippen LogP contribution in [0, 0.1) is 6.92 Å². The molecule has 8 nitrogen and oxygen atoms in total. The molecule has 160 valence electrons. The average molecular weight is 462 g/mol. The number of hydrogen-bond acceptors (Lipinski definition) is 7. The number of ether oxygens (including phenoxy) is 1. The number of nitrogens with one attached hydrogen (secondary N) is 1. The zero-order chi connectivity index (χ0) is 21.0. The van der Waals surface area contributed by atoms with E-state index < -0.39 is 10.0 Å². The molecule has 2 aromatic heterocycles. The van der Waals surface area contributed by atoms with E-state index in [9.17, 15) is 13.2 Å². The first-order valence-electron chi connectivity index (χ1n) is 9.14. The summed E-state index contributed by atoms with van der Waals surface area (Å²) in [6, 6.07) is 6.60. The molecule has 0 aromatic carbocycles. The summed E-state index contributed by atoms with van der Waals surface area (Å²) in [5.74, 6) is 1.17. The maximum absolute atomic E-state index is 12.6. The molecule has 0 spiro atoms. The van der Waals surface area contributed by atoms with Crippen LogP contribution in [-0.4, -0.2) is 70.0 Å². The summed E-state index contributed by atoms with van der Waals surface area (Å²) in [6.45, 7) is 4.59. The van der Waals surface area contributed by atoms with Crippen LogP contribution in [0.15, 0.2) is 32.9 Å². The standard InChI is InChI=1S/C18H24ClN3O5S2/c1-13-3-4-15(27-13)14(22-7-9-26-10-8-22)11-20-17(23)12-21(2)29(24,25)18-6-5-16(19)28-18/h3-6,14H,7-12H2,1-2H3,(H,20,23). The maximum atomic E-state index is 12.6. The van der Waals surface area contributed by atoms with Gasteiger partial charge in [0.05, 0.1) is 30.1 Å². The molecule has 1 unspecified atom stereocenters. The van der Waals surface area contributed by atoms with Crippen LogP contribution in [0.4, 0.5) is 0 Å². The SMILES string of the molecule is Cc1ccc(C(CNC(=O)CN(C)S(=O)(=O)c2ccc(Cl)s2)N2CCOCC2)o1. The molecular weight excluding hydrogens is 438 g/mol. The largest absolute Gasteiger partial charge is 0.465 e. The van der Waals surface area contributed by atoms with Gasteiger partial charge in [-0.15, -0.1) is 11.3 Å². The van der Waals surface area contributed by atoms with E-state index in [0.29, 0.717) is 24.1 Å². The number of rotatable bonds is 8. The molecule has 0 bridgehead atoms. The van der Waals surface area contributed by atoms with Gasteiger partial charge in [-0.3, -0.25) is 9.69 Å². The van der Waals surface area contributed by atoms with E-state index in [-0.39, 0.29) is 22.7 Å². The summed E-state index contributed by atoms with van der Waals surface area (Å²) in [6.07, 6.45) is 0. The van der Waals surface area contributed by atoms with Crippen LogP contribution in [0.3, 0.4) is 0 Å². The molecule has 1 aliphatic heterocycles. The number of halogens is 1. The Morgan fingerprint density at radius 1 is 1.31 bits per heavy atom. The van der Waals surface area contributed by atoms with Crippen LogP contribution < -0.4 is 5.32 Å². The molecular formula is C18H24ClN3O5S2. The monoisotopic (exact) mass is 461 g/mol. The van der Waals surface area contributed by atoms with Crippen molar-refractivity contribution in [2.24, 2.45) is 0 Å². The third kappa shape index (κ3) is 5.59. The first-order valence-corrected chi connectivity index (χ1v) is 11.8. The number of carbonyl (C=O) groups is 1. The van der Waals surface area contributed by atoms with E-state index in [1.807, 2.05) is 19.1 Å². The van der Waals surface area contributed by atoms with Gasteiger partial charge in [0.2, 0.25) is 5.91 Å². The fraction of sp³-hybridized carbons (Fsp3) is 0.500. The molecule has 1 amide bonds. The molecule has 3 rings (SSSR count). The lowest BCUT2D eigenvalue weighted by Gasteiger charge is -2.33. The molecule has 1 fully saturated rings. The van der Waals surface area contributed by atoms with Crippen molar-refractivity contribution >= 4 is 38.9 Å². The fourth-order valence-electron chi connectivity index (χ4n) is 3.07. The van der Waals surface area contributed by atoms with E-state index in [1.54, 1.807) is 0 Å². The second-order valence-electron chi connectivity index (χ2n) is 6.74. The van der Waals surface area contributed by atoms with Crippen LogP contribution in [-0.2, 0) is 19.6 Å². The lowest BCUT2D eigenvalue weighted by atomic mass is 10.1. The van der Waals surface area contributed by atoms with Gasteiger partial charge in [0.15, 0.2) is 0 Å². The van der Waals surface area contributed by atoms with E-state index in [2.05, 4.69) is 10.2 Å². The molecule has 1 saturated heterocycles. The summed E-state index contributed by atoms with van der Waals surface area (Å²) in [7, 11) is -2.39. The van der Waals surface area contributed by atoms with E-state index >= 15 is 0 Å². The Morgan fingerprint density at radius 3 is 2.62 bits per heavy atom. The van der Waals surface area contributed by atoms with Gasteiger partial charge in [0.1, 0.15) is 15.7 Å². The fourth-order valence-corrected chi connectivity index (χ4v) is 5.90. The van der Waals surface area contributed by atoms with Crippen LogP contribution in [0.1, 0.15) is 17.6 Å². The van der Waals surface area contributed by atoms with Crippen LogP contribution >= 0.6 is 22.9 Å². The minimum atomic E-state index is -3.76. The molecule has 11 heteroatoms. The number of carbonyl (C=O) groups excluding carboxylic acids is 1. The van der Waals surface area contributed by atoms with Crippen LogP contribution in [0.25, 0.3) is 0 Å². The lowest BCUT2D eigenvalue weighted by Crippen LogP contribution is -2.45. The molecule has 0 radical (unpaired) electrons. The highest BCUT2D eigenvalue weighted by molar-refractivity contribution is 7.91. The molecule has 1 aliphatic rings. The van der Waals surface area contributed by atoms with E-state index in [4.69, 9.17) is 20.8 Å². The minimum Gasteiger partial charge on any atom is -0.465 e. The van der Waals surface area contributed by atoms with Gasteiger partial charge in [0.25, 0.3) is 10.0 Å². The van der Waals surface area contributed by atoms with Crippen molar-refractivity contribution in [1.82, 2.24) is 14.5 Å². The van der Waals surface area contributed by atoms with Crippen molar-refractivity contribution in [2.75, 3.05) is 46.4 Å². The van der Waals surface area contributed by atoms with Crippen LogP contribution in [0.5, 0.6) is 0 Å². The van der Waals surface area contributed by atoms with Gasteiger partial charge in [-0.1, -0.05) is 11.6 Å². The summed E-state index contributed by atoms with van der Waals surface area (Å²) in [5.41, 5.74) is 0. The minimum absolute atomic E-state index is 0.107. The normalized spacial score (nSPS) is 16.8. The van der Waals surface area contributed by atoms with E-state index in [1.165, 1.54) is 19.2 Å². The number of amides is 1. The van der Waals surface area contributed by atoms with Gasteiger partial charge in [-0.05, 0) is 31.2 Å². The number of thiophene rings is 1. The van der Waals surface area contributed by atoms with Crippen molar-refractivity contribution in [3.8, 4) is 0 Å². The van der Waals surface area contributed by atoms with Gasteiger partial charge in [-0.2, -0.15) is 4.31 Å². The number of aryl methyl sites for hydroxylation is 1. The van der Waals surface area contributed by atoms with Gasteiger partial charge in [-0.25, -0.2) is 8.42 Å². The highest BCUT2D eigenvalue weighted by Crippen LogP contribution is 2.27.